The normalized spacial score (nSPS) is 13.4. The molecule has 0 amide bonds. The van der Waals surface area contributed by atoms with E-state index in [4.69, 9.17) is 0 Å². The van der Waals surface area contributed by atoms with Crippen molar-refractivity contribution in [1.29, 1.82) is 0 Å². The molecule has 0 bridgehead atoms. The molecular formula is C21H23BrNP. The topological polar surface area (TPSA) is 3.24 Å². The van der Waals surface area contributed by atoms with Crippen molar-refractivity contribution >= 4 is 36.7 Å². The molecule has 0 fully saturated rings. The number of nitrogens with zero attached hydrogens (tertiary/aromatic N) is 1. The molecule has 0 unspecified atom stereocenters. The summed E-state index contributed by atoms with van der Waals surface area (Å²) in [5.74, 6) is 0. The molecule has 24 heavy (non-hydrogen) atoms. The Labute approximate surface area is 153 Å². The summed E-state index contributed by atoms with van der Waals surface area (Å²) in [6.45, 7) is 0. The average Bonchev–Trinajstić information content (AvgIpc) is 2.63. The SMILES string of the molecule is CN(C)CP(Br)(c1ccccc1)(c1ccccc1)c1ccccc1. The van der Waals surface area contributed by atoms with Gasteiger partial charge in [0.15, 0.2) is 0 Å². The van der Waals surface area contributed by atoms with Crippen LogP contribution in [-0.4, -0.2) is 25.3 Å². The van der Waals surface area contributed by atoms with Gasteiger partial charge in [-0.25, -0.2) is 0 Å². The van der Waals surface area contributed by atoms with Crippen LogP contribution in [0.5, 0.6) is 0 Å². The van der Waals surface area contributed by atoms with Crippen LogP contribution in [-0.2, 0) is 0 Å². The zero-order valence-corrected chi connectivity index (χ0v) is 16.6. The summed E-state index contributed by atoms with van der Waals surface area (Å²) in [5, 5.41) is 1.31. The molecule has 0 saturated heterocycles. The second-order valence-corrected chi connectivity index (χ2v) is 15.3. The van der Waals surface area contributed by atoms with Gasteiger partial charge in [0.25, 0.3) is 0 Å². The predicted molar refractivity (Wildman–Crippen MR) is 113 cm³/mol. The molecule has 3 heteroatoms. The van der Waals surface area contributed by atoms with E-state index in [1.165, 1.54) is 15.9 Å². The first-order valence-corrected chi connectivity index (χ1v) is 12.5. The van der Waals surface area contributed by atoms with Crippen molar-refractivity contribution in [2.45, 2.75) is 0 Å². The number of hydrogen-bond acceptors (Lipinski definition) is 1. The van der Waals surface area contributed by atoms with Crippen LogP contribution < -0.4 is 15.9 Å². The fraction of sp³-hybridized carbons (Fsp3) is 0.143. The first-order chi connectivity index (χ1) is 11.6. The second kappa shape index (κ2) is 6.80. The second-order valence-electron chi connectivity index (χ2n) is 6.41. The van der Waals surface area contributed by atoms with Crippen LogP contribution >= 0.6 is 20.8 Å². The van der Waals surface area contributed by atoms with Gasteiger partial charge >= 0.3 is 153 Å². The van der Waals surface area contributed by atoms with E-state index in [1.807, 2.05) is 0 Å². The van der Waals surface area contributed by atoms with Crippen LogP contribution in [0.3, 0.4) is 0 Å². The Morgan fingerprint density at radius 1 is 0.625 bits per heavy atom. The van der Waals surface area contributed by atoms with Gasteiger partial charge in [0.2, 0.25) is 0 Å². The number of hydrogen-bond donors (Lipinski definition) is 0. The molecule has 0 atom stereocenters. The van der Waals surface area contributed by atoms with Crippen molar-refractivity contribution in [3.8, 4) is 0 Å². The summed E-state index contributed by atoms with van der Waals surface area (Å²) in [7, 11) is 4.30. The Bertz CT molecular complexity index is 688. The zero-order valence-electron chi connectivity index (χ0n) is 14.1. The summed E-state index contributed by atoms with van der Waals surface area (Å²) in [6.07, 6.45) is 0.934. The maximum absolute atomic E-state index is 4.41. The van der Waals surface area contributed by atoms with Crippen molar-refractivity contribution in [3.63, 3.8) is 0 Å². The Kier molecular flexibility index (Phi) is 4.92. The average molecular weight is 400 g/mol. The monoisotopic (exact) mass is 399 g/mol. The van der Waals surface area contributed by atoms with Crippen LogP contribution in [0.15, 0.2) is 91.0 Å². The van der Waals surface area contributed by atoms with E-state index in [-0.39, 0.29) is 0 Å². The molecule has 0 aliphatic heterocycles. The number of benzene rings is 3. The predicted octanol–water partition coefficient (Wildman–Crippen LogP) is 4.35. The third-order valence-electron chi connectivity index (χ3n) is 4.43. The molecule has 0 aliphatic carbocycles. The Morgan fingerprint density at radius 3 is 1.17 bits per heavy atom. The van der Waals surface area contributed by atoms with Crippen molar-refractivity contribution in [2.75, 3.05) is 20.4 Å². The van der Waals surface area contributed by atoms with E-state index in [0.717, 1.165) is 6.29 Å². The van der Waals surface area contributed by atoms with Crippen molar-refractivity contribution in [3.05, 3.63) is 91.0 Å². The summed E-state index contributed by atoms with van der Waals surface area (Å²) in [6, 6.07) is 32.7. The van der Waals surface area contributed by atoms with Crippen LogP contribution in [0.25, 0.3) is 0 Å². The third-order valence-corrected chi connectivity index (χ3v) is 14.0. The zero-order chi connectivity index (χ0) is 17.1. The van der Waals surface area contributed by atoms with Crippen LogP contribution in [0.4, 0.5) is 0 Å². The van der Waals surface area contributed by atoms with Gasteiger partial charge in [-0.15, -0.1) is 0 Å². The van der Waals surface area contributed by atoms with Crippen molar-refractivity contribution in [1.82, 2.24) is 4.90 Å². The van der Waals surface area contributed by atoms with Gasteiger partial charge in [0, 0.05) is 0 Å². The standard InChI is InChI=1S/C21H23BrNP/c1-23(2)18-24(22,19-12-6-3-7-13-19,20-14-8-4-9-15-20)21-16-10-5-11-17-21/h3-17H,18H2,1-2H3. The van der Waals surface area contributed by atoms with E-state index >= 15 is 0 Å². The van der Waals surface area contributed by atoms with Crippen LogP contribution in [0.1, 0.15) is 0 Å². The molecule has 3 aromatic carbocycles. The summed E-state index contributed by atoms with van der Waals surface area (Å²) in [5.41, 5.74) is 0. The van der Waals surface area contributed by atoms with Gasteiger partial charge in [-0.05, 0) is 0 Å². The van der Waals surface area contributed by atoms with E-state index in [9.17, 15) is 0 Å². The van der Waals surface area contributed by atoms with Gasteiger partial charge in [0.05, 0.1) is 0 Å². The molecule has 0 heterocycles. The fourth-order valence-corrected chi connectivity index (χ4v) is 11.7. The van der Waals surface area contributed by atoms with Gasteiger partial charge < -0.3 is 0 Å². The maximum atomic E-state index is 4.41. The van der Waals surface area contributed by atoms with Gasteiger partial charge in [-0.1, -0.05) is 0 Å². The molecule has 3 rings (SSSR count). The Morgan fingerprint density at radius 2 is 0.917 bits per heavy atom. The van der Waals surface area contributed by atoms with E-state index in [2.05, 4.69) is 125 Å². The quantitative estimate of drug-likeness (QED) is 0.576. The van der Waals surface area contributed by atoms with E-state index in [0.29, 0.717) is 0 Å². The summed E-state index contributed by atoms with van der Waals surface area (Å²) < 4.78 is 0. The molecule has 0 saturated carbocycles. The molecule has 1 nitrogen and oxygen atoms in total. The molecule has 124 valence electrons. The third kappa shape index (κ3) is 2.84. The van der Waals surface area contributed by atoms with Crippen LogP contribution in [0, 0.1) is 0 Å². The fourth-order valence-electron chi connectivity index (χ4n) is 3.44. The number of halogens is 1. The molecule has 0 N–H and O–H groups in total. The minimum atomic E-state index is -2.76. The summed E-state index contributed by atoms with van der Waals surface area (Å²) >= 11 is 4.41. The first-order valence-electron chi connectivity index (χ1n) is 8.10. The molecule has 3 aromatic rings. The number of rotatable bonds is 5. The van der Waals surface area contributed by atoms with E-state index in [1.54, 1.807) is 0 Å². The minimum absolute atomic E-state index is 0.934. The molecule has 0 radical (unpaired) electrons. The first kappa shape index (κ1) is 17.4. The molecular weight excluding hydrogens is 377 g/mol. The summed E-state index contributed by atoms with van der Waals surface area (Å²) in [4.78, 5) is 2.29. The van der Waals surface area contributed by atoms with Gasteiger partial charge in [0.1, 0.15) is 0 Å². The van der Waals surface area contributed by atoms with E-state index < -0.39 is 5.31 Å². The Hall–Kier alpha value is -1.47. The molecule has 0 aliphatic rings. The molecule has 0 spiro atoms. The van der Waals surface area contributed by atoms with Gasteiger partial charge in [-0.3, -0.25) is 0 Å². The molecule has 0 aromatic heterocycles. The Balaban J connectivity index is 2.42. The van der Waals surface area contributed by atoms with Crippen LogP contribution in [0.2, 0.25) is 0 Å². The van der Waals surface area contributed by atoms with Crippen molar-refractivity contribution < 1.29 is 0 Å². The van der Waals surface area contributed by atoms with Gasteiger partial charge in [-0.2, -0.15) is 0 Å². The van der Waals surface area contributed by atoms with Crippen molar-refractivity contribution in [2.24, 2.45) is 0 Å².